The zero-order valence-corrected chi connectivity index (χ0v) is 13.9. The molecule has 2 rings (SSSR count). The van der Waals surface area contributed by atoms with Crippen molar-refractivity contribution in [1.82, 2.24) is 19.7 Å². The molecule has 1 aromatic heterocycles. The highest BCUT2D eigenvalue weighted by molar-refractivity contribution is 5.42. The van der Waals surface area contributed by atoms with E-state index in [1.807, 2.05) is 19.1 Å². The molecule has 22 heavy (non-hydrogen) atoms. The monoisotopic (exact) mass is 304 g/mol. The molecule has 0 bridgehead atoms. The number of ether oxygens (including phenoxy) is 2. The van der Waals surface area contributed by atoms with Crippen molar-refractivity contribution < 1.29 is 9.47 Å². The summed E-state index contributed by atoms with van der Waals surface area (Å²) in [6, 6.07) is 6.18. The second kappa shape index (κ2) is 7.26. The Bertz CT molecular complexity index is 612. The second-order valence-corrected chi connectivity index (χ2v) is 5.34. The fourth-order valence-corrected chi connectivity index (χ4v) is 2.39. The van der Waals surface area contributed by atoms with Gasteiger partial charge in [0, 0.05) is 30.8 Å². The molecular formula is C16H24N4O2. The summed E-state index contributed by atoms with van der Waals surface area (Å²) in [5.74, 6) is 2.58. The molecule has 0 N–H and O–H groups in total. The number of hydrogen-bond donors (Lipinski definition) is 0. The van der Waals surface area contributed by atoms with Crippen LogP contribution < -0.4 is 9.47 Å². The molecule has 0 saturated heterocycles. The first kappa shape index (κ1) is 16.3. The van der Waals surface area contributed by atoms with Gasteiger partial charge in [-0.2, -0.15) is 0 Å². The van der Waals surface area contributed by atoms with Gasteiger partial charge in [-0.3, -0.25) is 4.90 Å². The maximum atomic E-state index is 5.50. The molecule has 0 fully saturated rings. The summed E-state index contributed by atoms with van der Waals surface area (Å²) in [6.45, 7) is 5.89. The minimum absolute atomic E-state index is 0.234. The first-order chi connectivity index (χ1) is 10.6. The molecule has 1 heterocycles. The van der Waals surface area contributed by atoms with Crippen molar-refractivity contribution in [3.8, 4) is 11.5 Å². The molecule has 6 heteroatoms. The predicted molar refractivity (Wildman–Crippen MR) is 85.4 cm³/mol. The van der Waals surface area contributed by atoms with Crippen molar-refractivity contribution in [3.05, 3.63) is 35.9 Å². The Morgan fingerprint density at radius 3 is 2.64 bits per heavy atom. The lowest BCUT2D eigenvalue weighted by Gasteiger charge is -2.26. The van der Waals surface area contributed by atoms with Crippen LogP contribution in [0.1, 0.15) is 24.4 Å². The van der Waals surface area contributed by atoms with E-state index in [1.54, 1.807) is 20.5 Å². The maximum Gasteiger partial charge on any atom is 0.129 e. The van der Waals surface area contributed by atoms with Crippen molar-refractivity contribution in [2.24, 2.45) is 0 Å². The van der Waals surface area contributed by atoms with Gasteiger partial charge in [-0.05, 0) is 27.0 Å². The van der Waals surface area contributed by atoms with E-state index >= 15 is 0 Å². The molecule has 1 atom stereocenters. The van der Waals surface area contributed by atoms with Crippen LogP contribution >= 0.6 is 0 Å². The Morgan fingerprint density at radius 1 is 1.27 bits per heavy atom. The van der Waals surface area contributed by atoms with Crippen molar-refractivity contribution in [3.63, 3.8) is 0 Å². The zero-order valence-electron chi connectivity index (χ0n) is 13.9. The third kappa shape index (κ3) is 3.57. The number of rotatable bonds is 7. The van der Waals surface area contributed by atoms with Gasteiger partial charge in [0.15, 0.2) is 0 Å². The van der Waals surface area contributed by atoms with Gasteiger partial charge < -0.3 is 14.0 Å². The van der Waals surface area contributed by atoms with Crippen molar-refractivity contribution in [1.29, 1.82) is 0 Å². The third-order valence-electron chi connectivity index (χ3n) is 4.05. The smallest absolute Gasteiger partial charge is 0.129 e. The minimum Gasteiger partial charge on any atom is -0.497 e. The van der Waals surface area contributed by atoms with Gasteiger partial charge in [-0.15, -0.1) is 10.2 Å². The van der Waals surface area contributed by atoms with Crippen molar-refractivity contribution in [2.45, 2.75) is 26.4 Å². The maximum absolute atomic E-state index is 5.50. The van der Waals surface area contributed by atoms with Gasteiger partial charge in [0.1, 0.15) is 23.7 Å². The first-order valence-electron chi connectivity index (χ1n) is 7.33. The summed E-state index contributed by atoms with van der Waals surface area (Å²) in [7, 11) is 5.45. The van der Waals surface area contributed by atoms with Crippen LogP contribution in [0.15, 0.2) is 24.5 Å². The molecule has 0 amide bonds. The van der Waals surface area contributed by atoms with E-state index in [2.05, 4.69) is 39.7 Å². The lowest BCUT2D eigenvalue weighted by Crippen LogP contribution is -2.27. The van der Waals surface area contributed by atoms with Crippen LogP contribution in [-0.2, 0) is 6.54 Å². The topological polar surface area (TPSA) is 52.4 Å². The average Bonchev–Trinajstić information content (AvgIpc) is 2.96. The minimum atomic E-state index is 0.234. The van der Waals surface area contributed by atoms with Gasteiger partial charge in [0.2, 0.25) is 0 Å². The number of nitrogens with zero attached hydrogens (tertiary/aromatic N) is 4. The van der Waals surface area contributed by atoms with E-state index in [1.165, 1.54) is 0 Å². The standard InChI is InChI=1S/C16H24N4O2/c1-12(15-7-6-14(21-4)10-16(15)22-5)19(3)8-9-20-11-17-18-13(20)2/h6-7,10-12H,8-9H2,1-5H3/t12-/m0/s1. The molecular weight excluding hydrogens is 280 g/mol. The van der Waals surface area contributed by atoms with Crippen LogP contribution in [0.3, 0.4) is 0 Å². The number of aromatic nitrogens is 3. The third-order valence-corrected chi connectivity index (χ3v) is 4.05. The molecule has 0 unspecified atom stereocenters. The molecule has 0 aliphatic heterocycles. The number of methoxy groups -OCH3 is 2. The summed E-state index contributed by atoms with van der Waals surface area (Å²) < 4.78 is 12.8. The molecule has 0 spiro atoms. The Hall–Kier alpha value is -2.08. The quantitative estimate of drug-likeness (QED) is 0.785. The van der Waals surface area contributed by atoms with Crippen LogP contribution in [0.5, 0.6) is 11.5 Å². The Balaban J connectivity index is 2.06. The molecule has 2 aromatic rings. The van der Waals surface area contributed by atoms with Gasteiger partial charge in [0.05, 0.1) is 14.2 Å². The fraction of sp³-hybridized carbons (Fsp3) is 0.500. The second-order valence-electron chi connectivity index (χ2n) is 5.34. The Kier molecular flexibility index (Phi) is 5.38. The van der Waals surface area contributed by atoms with E-state index in [9.17, 15) is 0 Å². The highest BCUT2D eigenvalue weighted by Gasteiger charge is 2.17. The summed E-state index contributed by atoms with van der Waals surface area (Å²) in [6.07, 6.45) is 1.77. The van der Waals surface area contributed by atoms with Crippen LogP contribution in [0.4, 0.5) is 0 Å². The van der Waals surface area contributed by atoms with Crippen LogP contribution in [0.2, 0.25) is 0 Å². The van der Waals surface area contributed by atoms with Crippen LogP contribution in [-0.4, -0.2) is 47.5 Å². The summed E-state index contributed by atoms with van der Waals surface area (Å²) >= 11 is 0. The molecule has 1 aromatic carbocycles. The lowest BCUT2D eigenvalue weighted by molar-refractivity contribution is 0.244. The van der Waals surface area contributed by atoms with E-state index in [0.717, 1.165) is 36.0 Å². The molecule has 120 valence electrons. The van der Waals surface area contributed by atoms with Gasteiger partial charge in [-0.1, -0.05) is 6.07 Å². The summed E-state index contributed by atoms with van der Waals surface area (Å²) in [4.78, 5) is 2.28. The van der Waals surface area contributed by atoms with Crippen molar-refractivity contribution >= 4 is 0 Å². The lowest BCUT2D eigenvalue weighted by atomic mass is 10.1. The molecule has 0 aliphatic carbocycles. The van der Waals surface area contributed by atoms with E-state index in [-0.39, 0.29) is 6.04 Å². The fourth-order valence-electron chi connectivity index (χ4n) is 2.39. The highest BCUT2D eigenvalue weighted by Crippen LogP contribution is 2.31. The van der Waals surface area contributed by atoms with Gasteiger partial charge in [-0.25, -0.2) is 0 Å². The van der Waals surface area contributed by atoms with Gasteiger partial charge in [0.25, 0.3) is 0 Å². The zero-order chi connectivity index (χ0) is 16.1. The summed E-state index contributed by atoms with van der Waals surface area (Å²) in [5.41, 5.74) is 1.14. The van der Waals surface area contributed by atoms with Crippen LogP contribution in [0.25, 0.3) is 0 Å². The SMILES string of the molecule is COc1ccc([C@H](C)N(C)CCn2cnnc2C)c(OC)c1. The predicted octanol–water partition coefficient (Wildman–Crippen LogP) is 2.30. The number of benzene rings is 1. The molecule has 0 saturated carbocycles. The van der Waals surface area contributed by atoms with E-state index in [4.69, 9.17) is 9.47 Å². The first-order valence-corrected chi connectivity index (χ1v) is 7.33. The molecule has 0 radical (unpaired) electrons. The van der Waals surface area contributed by atoms with Crippen molar-refractivity contribution in [2.75, 3.05) is 27.8 Å². The number of likely N-dealkylation sites (N-methyl/N-ethyl adjacent to an activating group) is 1. The number of aryl methyl sites for hydroxylation is 1. The molecule has 0 aliphatic rings. The van der Waals surface area contributed by atoms with Gasteiger partial charge >= 0.3 is 0 Å². The molecule has 6 nitrogen and oxygen atoms in total. The Morgan fingerprint density at radius 2 is 2.05 bits per heavy atom. The highest BCUT2D eigenvalue weighted by atomic mass is 16.5. The van der Waals surface area contributed by atoms with E-state index in [0.29, 0.717) is 0 Å². The number of hydrogen-bond acceptors (Lipinski definition) is 5. The Labute approximate surface area is 131 Å². The average molecular weight is 304 g/mol. The van der Waals surface area contributed by atoms with Crippen LogP contribution in [0, 0.1) is 6.92 Å². The summed E-state index contributed by atoms with van der Waals surface area (Å²) in [5, 5.41) is 7.91. The normalized spacial score (nSPS) is 12.5. The largest absolute Gasteiger partial charge is 0.497 e. The van der Waals surface area contributed by atoms with E-state index < -0.39 is 0 Å².